The average molecular weight is 382 g/mol. The zero-order valence-electron chi connectivity index (χ0n) is 15.1. The molecule has 3 aromatic carbocycles. The Labute approximate surface area is 165 Å². The van der Waals surface area contributed by atoms with Crippen LogP contribution in [-0.2, 0) is 11.2 Å². The molecule has 0 spiro atoms. The van der Waals surface area contributed by atoms with Crippen molar-refractivity contribution < 1.29 is 19.2 Å². The molecule has 0 saturated heterocycles. The van der Waals surface area contributed by atoms with Gasteiger partial charge in [0.05, 0.1) is 17.7 Å². The molecule has 2 amide bonds. The summed E-state index contributed by atoms with van der Waals surface area (Å²) in [5.41, 5.74) is 3.26. The van der Waals surface area contributed by atoms with Gasteiger partial charge in [-0.2, -0.15) is 0 Å². The maximum Gasteiger partial charge on any atom is 0.255 e. The third-order valence-corrected chi connectivity index (χ3v) is 5.19. The van der Waals surface area contributed by atoms with Crippen molar-refractivity contribution in [3.63, 3.8) is 0 Å². The van der Waals surface area contributed by atoms with Crippen LogP contribution in [0.3, 0.4) is 0 Å². The van der Waals surface area contributed by atoms with Gasteiger partial charge in [0.1, 0.15) is 0 Å². The number of benzene rings is 3. The van der Waals surface area contributed by atoms with Gasteiger partial charge < -0.3 is 10.6 Å². The molecule has 0 radical (unpaired) electrons. The van der Waals surface area contributed by atoms with Gasteiger partial charge in [-0.3, -0.25) is 19.2 Å². The van der Waals surface area contributed by atoms with Crippen LogP contribution in [0.2, 0.25) is 0 Å². The number of nitrogens with one attached hydrogen (secondary N) is 2. The Morgan fingerprint density at radius 1 is 0.828 bits per heavy atom. The highest BCUT2D eigenvalue weighted by molar-refractivity contribution is 6.30. The molecule has 1 heterocycles. The minimum atomic E-state index is -0.417. The molecule has 2 N–H and O–H groups in total. The predicted molar refractivity (Wildman–Crippen MR) is 106 cm³/mol. The van der Waals surface area contributed by atoms with E-state index in [0.717, 1.165) is 5.56 Å². The summed E-state index contributed by atoms with van der Waals surface area (Å²) in [5.74, 6) is -1.07. The molecule has 0 atom stereocenters. The number of anilines is 2. The Kier molecular flexibility index (Phi) is 3.67. The third kappa shape index (κ3) is 2.65. The Hall–Kier alpha value is -4.06. The lowest BCUT2D eigenvalue weighted by Crippen LogP contribution is -2.23. The molecule has 0 fully saturated rings. The number of ketones is 2. The molecule has 5 rings (SSSR count). The van der Waals surface area contributed by atoms with Crippen LogP contribution in [0.25, 0.3) is 0 Å². The average Bonchev–Trinajstić information content (AvgIpc) is 3.11. The Morgan fingerprint density at radius 2 is 1.55 bits per heavy atom. The largest absolute Gasteiger partial charge is 0.326 e. The Bertz CT molecular complexity index is 1260. The molecular weight excluding hydrogens is 368 g/mol. The smallest absolute Gasteiger partial charge is 0.255 e. The van der Waals surface area contributed by atoms with Crippen molar-refractivity contribution in [3.05, 3.63) is 94.0 Å². The van der Waals surface area contributed by atoms with Crippen molar-refractivity contribution in [2.45, 2.75) is 6.42 Å². The van der Waals surface area contributed by atoms with Crippen LogP contribution in [-0.4, -0.2) is 23.4 Å². The molecule has 2 aliphatic rings. The first-order valence-corrected chi connectivity index (χ1v) is 9.08. The van der Waals surface area contributed by atoms with Gasteiger partial charge >= 0.3 is 0 Å². The van der Waals surface area contributed by atoms with Crippen LogP contribution >= 0.6 is 0 Å². The van der Waals surface area contributed by atoms with E-state index in [2.05, 4.69) is 10.6 Å². The first kappa shape index (κ1) is 17.1. The van der Waals surface area contributed by atoms with E-state index in [-0.39, 0.29) is 40.7 Å². The van der Waals surface area contributed by atoms with Crippen molar-refractivity contribution in [2.24, 2.45) is 0 Å². The first-order valence-electron chi connectivity index (χ1n) is 9.08. The van der Waals surface area contributed by atoms with Crippen LogP contribution in [0.5, 0.6) is 0 Å². The van der Waals surface area contributed by atoms with Gasteiger partial charge in [-0.05, 0) is 29.8 Å². The van der Waals surface area contributed by atoms with Crippen molar-refractivity contribution in [1.29, 1.82) is 0 Å². The lowest BCUT2D eigenvalue weighted by Gasteiger charge is -2.20. The number of fused-ring (bicyclic) bond motifs is 3. The summed E-state index contributed by atoms with van der Waals surface area (Å²) < 4.78 is 0. The van der Waals surface area contributed by atoms with Crippen LogP contribution < -0.4 is 10.6 Å². The molecular formula is C23H14N2O4. The standard InChI is InChI=1S/C23H14N2O4/c26-19-11-13-10-12(8-9-17(13)24-19)23(29)25-18-7-3-6-16-20(18)22(28)15-5-2-1-4-14(15)21(16)27/h1-10H,11H2,(H,24,26)(H,25,29). The molecule has 0 unspecified atom stereocenters. The van der Waals surface area contributed by atoms with Crippen molar-refractivity contribution >= 4 is 34.8 Å². The predicted octanol–water partition coefficient (Wildman–Crippen LogP) is 3.21. The van der Waals surface area contributed by atoms with E-state index >= 15 is 0 Å². The minimum Gasteiger partial charge on any atom is -0.326 e. The van der Waals surface area contributed by atoms with E-state index in [9.17, 15) is 19.2 Å². The molecule has 1 aliphatic carbocycles. The minimum absolute atomic E-state index is 0.113. The summed E-state index contributed by atoms with van der Waals surface area (Å²) in [6.07, 6.45) is 0.223. The summed E-state index contributed by atoms with van der Waals surface area (Å²) in [7, 11) is 0. The fourth-order valence-corrected chi connectivity index (χ4v) is 3.81. The van der Waals surface area contributed by atoms with E-state index in [1.54, 1.807) is 60.7 Å². The highest BCUT2D eigenvalue weighted by atomic mass is 16.2. The molecule has 0 saturated carbocycles. The number of hydrogen-bond donors (Lipinski definition) is 2. The molecule has 140 valence electrons. The van der Waals surface area contributed by atoms with E-state index in [0.29, 0.717) is 22.4 Å². The van der Waals surface area contributed by atoms with Crippen molar-refractivity contribution in [2.75, 3.05) is 10.6 Å². The summed E-state index contributed by atoms with van der Waals surface area (Å²) in [5, 5.41) is 5.47. The second-order valence-corrected chi connectivity index (χ2v) is 6.98. The van der Waals surface area contributed by atoms with Crippen LogP contribution in [0, 0.1) is 0 Å². The Balaban J connectivity index is 1.52. The SMILES string of the molecule is O=C1Cc2cc(C(=O)Nc3cccc4c3C(=O)c3ccccc3C4=O)ccc2N1. The van der Waals surface area contributed by atoms with Gasteiger partial charge in [0.25, 0.3) is 5.91 Å². The van der Waals surface area contributed by atoms with Crippen molar-refractivity contribution in [3.8, 4) is 0 Å². The maximum atomic E-state index is 13.0. The summed E-state index contributed by atoms with van der Waals surface area (Å²) in [4.78, 5) is 50.2. The molecule has 0 bridgehead atoms. The molecule has 0 aromatic heterocycles. The summed E-state index contributed by atoms with van der Waals surface area (Å²) in [6, 6.07) is 16.4. The van der Waals surface area contributed by atoms with E-state index < -0.39 is 5.91 Å². The third-order valence-electron chi connectivity index (χ3n) is 5.19. The molecule has 1 aliphatic heterocycles. The summed E-state index contributed by atoms with van der Waals surface area (Å²) >= 11 is 0. The second-order valence-electron chi connectivity index (χ2n) is 6.98. The van der Waals surface area contributed by atoms with Gasteiger partial charge in [-0.15, -0.1) is 0 Å². The quantitative estimate of drug-likeness (QED) is 0.557. The van der Waals surface area contributed by atoms with Crippen LogP contribution in [0.15, 0.2) is 60.7 Å². The van der Waals surface area contributed by atoms with Gasteiger partial charge in [0.2, 0.25) is 5.91 Å². The highest BCUT2D eigenvalue weighted by Crippen LogP contribution is 2.32. The number of hydrogen-bond acceptors (Lipinski definition) is 4. The first-order chi connectivity index (χ1) is 14.0. The lowest BCUT2D eigenvalue weighted by molar-refractivity contribution is -0.115. The highest BCUT2D eigenvalue weighted by Gasteiger charge is 2.31. The second kappa shape index (κ2) is 6.24. The van der Waals surface area contributed by atoms with Crippen LogP contribution in [0.4, 0.5) is 11.4 Å². The van der Waals surface area contributed by atoms with Gasteiger partial charge in [-0.1, -0.05) is 36.4 Å². The van der Waals surface area contributed by atoms with Crippen LogP contribution in [0.1, 0.15) is 47.8 Å². The number of carbonyl (C=O) groups excluding carboxylic acids is 4. The Morgan fingerprint density at radius 3 is 2.34 bits per heavy atom. The fraction of sp³-hybridized carbons (Fsp3) is 0.0435. The maximum absolute atomic E-state index is 13.0. The molecule has 6 heteroatoms. The van der Waals surface area contributed by atoms with Gasteiger partial charge in [-0.25, -0.2) is 0 Å². The van der Waals surface area contributed by atoms with Crippen molar-refractivity contribution in [1.82, 2.24) is 0 Å². The van der Waals surface area contributed by atoms with Gasteiger partial charge in [0.15, 0.2) is 11.6 Å². The lowest BCUT2D eigenvalue weighted by atomic mass is 9.83. The molecule has 6 nitrogen and oxygen atoms in total. The zero-order valence-corrected chi connectivity index (χ0v) is 15.1. The zero-order chi connectivity index (χ0) is 20.1. The van der Waals surface area contributed by atoms with E-state index in [1.165, 1.54) is 0 Å². The normalized spacial score (nSPS) is 14.0. The number of carbonyl (C=O) groups is 4. The molecule has 3 aromatic rings. The fourth-order valence-electron chi connectivity index (χ4n) is 3.81. The summed E-state index contributed by atoms with van der Waals surface area (Å²) in [6.45, 7) is 0. The van der Waals surface area contributed by atoms with Gasteiger partial charge in [0, 0.05) is 27.9 Å². The molecule has 29 heavy (non-hydrogen) atoms. The monoisotopic (exact) mass is 382 g/mol. The van der Waals surface area contributed by atoms with E-state index in [4.69, 9.17) is 0 Å². The number of rotatable bonds is 2. The van der Waals surface area contributed by atoms with E-state index in [1.807, 2.05) is 0 Å². The number of amides is 2. The topological polar surface area (TPSA) is 92.3 Å².